The fraction of sp³-hybridized carbons (Fsp3) is 0.826. The van der Waals surface area contributed by atoms with E-state index in [1.165, 1.54) is 0 Å². The molecule has 0 radical (unpaired) electrons. The molecule has 8 heteroatoms. The summed E-state index contributed by atoms with van der Waals surface area (Å²) >= 11 is 0. The van der Waals surface area contributed by atoms with Gasteiger partial charge in [-0.15, -0.1) is 0 Å². The number of likely N-dealkylation sites (N-methyl/N-ethyl adjacent to an activating group) is 1. The molecule has 0 aromatic carbocycles. The van der Waals surface area contributed by atoms with Crippen LogP contribution in [-0.2, 0) is 19.2 Å². The number of nitrogens with one attached hydrogen (secondary N) is 3. The molecule has 0 heterocycles. The lowest BCUT2D eigenvalue weighted by atomic mass is 9.82. The van der Waals surface area contributed by atoms with E-state index in [2.05, 4.69) is 16.0 Å². The molecular weight excluding hydrogens is 398 g/mol. The number of amides is 3. The Kier molecular flexibility index (Phi) is 6.96. The zero-order chi connectivity index (χ0) is 22.9. The fourth-order valence-corrected chi connectivity index (χ4v) is 5.56. The maximum Gasteiger partial charge on any atom is 0.307 e. The van der Waals surface area contributed by atoms with Crippen molar-refractivity contribution in [3.8, 4) is 0 Å². The van der Waals surface area contributed by atoms with Crippen molar-refractivity contribution in [2.75, 3.05) is 7.05 Å². The van der Waals surface area contributed by atoms with Crippen LogP contribution in [0.2, 0.25) is 0 Å². The Morgan fingerprint density at radius 3 is 2.13 bits per heavy atom. The van der Waals surface area contributed by atoms with Crippen molar-refractivity contribution < 1.29 is 24.3 Å². The Morgan fingerprint density at radius 2 is 1.58 bits per heavy atom. The molecule has 3 fully saturated rings. The predicted octanol–water partition coefficient (Wildman–Crippen LogP) is 1.69. The minimum absolute atomic E-state index is 0.0762. The Labute approximate surface area is 184 Å². The average molecular weight is 436 g/mol. The molecule has 0 aromatic rings. The standard InChI is InChI=1S/C23H37N3O5/c1-23(2,3)18(26-19(27)15-11-13-10-14(13)16(15)22(30)31)21(29)25-17(20(28)24-4)12-8-6-5-7-9-12/h12-18H,5-11H2,1-4H3,(H,24,28)(H,25,29)(H,26,27)(H,30,31)/t13?,14?,15?,16?,17-,18+/m0/s1. The summed E-state index contributed by atoms with van der Waals surface area (Å²) in [5.41, 5.74) is -0.597. The molecule has 174 valence electrons. The highest BCUT2D eigenvalue weighted by molar-refractivity contribution is 5.94. The Balaban J connectivity index is 1.72. The number of aliphatic carboxylic acids is 1. The number of carbonyl (C=O) groups excluding carboxylic acids is 3. The van der Waals surface area contributed by atoms with Crippen LogP contribution in [0, 0.1) is 35.0 Å². The largest absolute Gasteiger partial charge is 0.481 e. The van der Waals surface area contributed by atoms with Crippen molar-refractivity contribution in [3.05, 3.63) is 0 Å². The van der Waals surface area contributed by atoms with Crippen LogP contribution in [0.4, 0.5) is 0 Å². The van der Waals surface area contributed by atoms with Crippen LogP contribution < -0.4 is 16.0 Å². The molecule has 0 saturated heterocycles. The maximum atomic E-state index is 13.3. The Morgan fingerprint density at radius 1 is 0.935 bits per heavy atom. The number of carbonyl (C=O) groups is 4. The van der Waals surface area contributed by atoms with E-state index in [-0.39, 0.29) is 23.7 Å². The van der Waals surface area contributed by atoms with E-state index in [9.17, 15) is 24.3 Å². The highest BCUT2D eigenvalue weighted by atomic mass is 16.4. The molecule has 3 aliphatic carbocycles. The van der Waals surface area contributed by atoms with Gasteiger partial charge in [0.1, 0.15) is 12.1 Å². The third kappa shape index (κ3) is 5.21. The van der Waals surface area contributed by atoms with Crippen LogP contribution in [0.5, 0.6) is 0 Å². The van der Waals surface area contributed by atoms with Gasteiger partial charge in [-0.05, 0) is 48.9 Å². The van der Waals surface area contributed by atoms with E-state index >= 15 is 0 Å². The van der Waals surface area contributed by atoms with Crippen molar-refractivity contribution in [1.29, 1.82) is 0 Å². The summed E-state index contributed by atoms with van der Waals surface area (Å²) in [7, 11) is 1.56. The van der Waals surface area contributed by atoms with Crippen molar-refractivity contribution in [3.63, 3.8) is 0 Å². The molecular formula is C23H37N3O5. The Bertz CT molecular complexity index is 725. The van der Waals surface area contributed by atoms with E-state index in [1.807, 2.05) is 20.8 Å². The maximum absolute atomic E-state index is 13.3. The van der Waals surface area contributed by atoms with Crippen LogP contribution >= 0.6 is 0 Å². The molecule has 4 N–H and O–H groups in total. The summed E-state index contributed by atoms with van der Waals surface area (Å²) in [6.07, 6.45) is 6.42. The first-order chi connectivity index (χ1) is 14.5. The van der Waals surface area contributed by atoms with Crippen LogP contribution in [0.1, 0.15) is 65.7 Å². The summed E-state index contributed by atoms with van der Waals surface area (Å²) in [6.45, 7) is 5.56. The van der Waals surface area contributed by atoms with E-state index < -0.39 is 41.2 Å². The van der Waals surface area contributed by atoms with Crippen LogP contribution in [0.3, 0.4) is 0 Å². The van der Waals surface area contributed by atoms with Crippen molar-refractivity contribution in [1.82, 2.24) is 16.0 Å². The second kappa shape index (κ2) is 9.17. The van der Waals surface area contributed by atoms with Gasteiger partial charge < -0.3 is 21.1 Å². The zero-order valence-electron chi connectivity index (χ0n) is 19.1. The molecule has 8 nitrogen and oxygen atoms in total. The first-order valence-electron chi connectivity index (χ1n) is 11.6. The van der Waals surface area contributed by atoms with E-state index in [4.69, 9.17) is 0 Å². The molecule has 31 heavy (non-hydrogen) atoms. The third-order valence-corrected chi connectivity index (χ3v) is 7.41. The van der Waals surface area contributed by atoms with Gasteiger partial charge in [0, 0.05) is 7.05 Å². The molecule has 6 atom stereocenters. The van der Waals surface area contributed by atoms with Crippen molar-refractivity contribution >= 4 is 23.7 Å². The second-order valence-electron chi connectivity index (χ2n) is 10.7. The lowest BCUT2D eigenvalue weighted by Crippen LogP contribution is -2.60. The number of carboxylic acids is 1. The zero-order valence-corrected chi connectivity index (χ0v) is 19.1. The van der Waals surface area contributed by atoms with Crippen LogP contribution in [-0.4, -0.2) is 47.9 Å². The summed E-state index contributed by atoms with van der Waals surface area (Å²) in [4.78, 5) is 50.5. The van der Waals surface area contributed by atoms with Crippen molar-refractivity contribution in [2.24, 2.45) is 35.0 Å². The van der Waals surface area contributed by atoms with Gasteiger partial charge in [-0.2, -0.15) is 0 Å². The summed E-state index contributed by atoms with van der Waals surface area (Å²) in [6, 6.07) is -1.49. The number of carboxylic acid groups (broad SMARTS) is 1. The van der Waals surface area contributed by atoms with Gasteiger partial charge in [0.15, 0.2) is 0 Å². The second-order valence-corrected chi connectivity index (χ2v) is 10.7. The number of rotatable bonds is 7. The van der Waals surface area contributed by atoms with E-state index in [0.29, 0.717) is 12.3 Å². The predicted molar refractivity (Wildman–Crippen MR) is 115 cm³/mol. The summed E-state index contributed by atoms with van der Waals surface area (Å²) in [5, 5.41) is 18.0. The molecule has 0 aliphatic heterocycles. The molecule has 0 spiro atoms. The average Bonchev–Trinajstić information content (AvgIpc) is 3.37. The summed E-state index contributed by atoms with van der Waals surface area (Å²) in [5.74, 6) is -2.73. The molecule has 0 aromatic heterocycles. The number of hydrogen-bond donors (Lipinski definition) is 4. The highest BCUT2D eigenvalue weighted by Crippen LogP contribution is 2.58. The van der Waals surface area contributed by atoms with Gasteiger partial charge in [0.2, 0.25) is 17.7 Å². The van der Waals surface area contributed by atoms with Gasteiger partial charge in [-0.25, -0.2) is 0 Å². The lowest BCUT2D eigenvalue weighted by Gasteiger charge is -2.35. The minimum Gasteiger partial charge on any atom is -0.481 e. The normalized spacial score (nSPS) is 29.9. The number of hydrogen-bond acceptors (Lipinski definition) is 4. The van der Waals surface area contributed by atoms with Crippen molar-refractivity contribution in [2.45, 2.75) is 77.8 Å². The van der Waals surface area contributed by atoms with E-state index in [0.717, 1.165) is 38.5 Å². The monoisotopic (exact) mass is 435 g/mol. The fourth-order valence-electron chi connectivity index (χ4n) is 5.56. The molecule has 3 saturated carbocycles. The Hall–Kier alpha value is -2.12. The lowest BCUT2D eigenvalue weighted by molar-refractivity contribution is -0.147. The molecule has 3 amide bonds. The minimum atomic E-state index is -0.932. The molecule has 0 bridgehead atoms. The van der Waals surface area contributed by atoms with Gasteiger partial charge in [-0.3, -0.25) is 19.2 Å². The molecule has 3 aliphatic rings. The number of fused-ring (bicyclic) bond motifs is 1. The smallest absolute Gasteiger partial charge is 0.307 e. The quantitative estimate of drug-likeness (QED) is 0.484. The first kappa shape index (κ1) is 23.5. The SMILES string of the molecule is CNC(=O)[C@@H](NC(=O)[C@@H](NC(=O)C1CC2CC2C1C(=O)O)C(C)(C)C)C1CCCCC1. The summed E-state index contributed by atoms with van der Waals surface area (Å²) < 4.78 is 0. The van der Waals surface area contributed by atoms with Crippen LogP contribution in [0.15, 0.2) is 0 Å². The molecule has 3 rings (SSSR count). The van der Waals surface area contributed by atoms with Gasteiger partial charge >= 0.3 is 5.97 Å². The third-order valence-electron chi connectivity index (χ3n) is 7.41. The highest BCUT2D eigenvalue weighted by Gasteiger charge is 2.58. The van der Waals surface area contributed by atoms with E-state index in [1.54, 1.807) is 7.05 Å². The van der Waals surface area contributed by atoms with Gasteiger partial charge in [-0.1, -0.05) is 40.0 Å². The van der Waals surface area contributed by atoms with Gasteiger partial charge in [0.05, 0.1) is 11.8 Å². The topological polar surface area (TPSA) is 125 Å². The molecule has 4 unspecified atom stereocenters. The van der Waals surface area contributed by atoms with Crippen LogP contribution in [0.25, 0.3) is 0 Å². The first-order valence-corrected chi connectivity index (χ1v) is 11.6. The van der Waals surface area contributed by atoms with Gasteiger partial charge in [0.25, 0.3) is 0 Å².